The van der Waals surface area contributed by atoms with Gasteiger partial charge in [0, 0.05) is 19.3 Å². The molecule has 0 bridgehead atoms. The summed E-state index contributed by atoms with van der Waals surface area (Å²) >= 11 is 0. The van der Waals surface area contributed by atoms with Crippen LogP contribution in [0, 0.1) is 0 Å². The third kappa shape index (κ3) is 42.4. The van der Waals surface area contributed by atoms with E-state index in [1.54, 1.807) is 0 Å². The lowest BCUT2D eigenvalue weighted by Gasteiger charge is -2.18. The number of carbonyl (C=O) groups excluding carboxylic acids is 3. The number of unbranched alkanes of at least 4 members (excludes halogenated alkanes) is 22. The van der Waals surface area contributed by atoms with E-state index in [0.717, 1.165) is 83.5 Å². The number of rotatable bonds is 41. The standard InChI is InChI=1S/C49H86O6/c1-4-7-10-13-16-19-22-24-25-26-28-30-33-36-39-42-48(51)54-45-46(44-53-47(50)41-38-35-32-29-21-18-15-12-9-6-3)55-49(52)43-40-37-34-31-27-23-20-17-14-11-8-5-2/h7,10,16,19,24-25,28,30,46H,4-6,8-9,11-15,17-18,20-23,26-27,29,31-45H2,1-3H3/b10-7-,19-16-,25-24-,30-28-. The summed E-state index contributed by atoms with van der Waals surface area (Å²) in [5.41, 5.74) is 0. The van der Waals surface area contributed by atoms with Crippen molar-refractivity contribution in [3.63, 3.8) is 0 Å². The van der Waals surface area contributed by atoms with Gasteiger partial charge < -0.3 is 14.2 Å². The zero-order valence-corrected chi connectivity index (χ0v) is 36.2. The Morgan fingerprint density at radius 1 is 0.382 bits per heavy atom. The fourth-order valence-electron chi connectivity index (χ4n) is 6.37. The first-order chi connectivity index (χ1) is 27.0. The molecule has 0 aliphatic heterocycles. The molecule has 0 aliphatic carbocycles. The number of allylic oxidation sites excluding steroid dienone is 8. The van der Waals surface area contributed by atoms with Gasteiger partial charge in [-0.1, -0.05) is 198 Å². The largest absolute Gasteiger partial charge is 0.462 e. The Morgan fingerprint density at radius 2 is 0.709 bits per heavy atom. The van der Waals surface area contributed by atoms with Crippen LogP contribution in [0.25, 0.3) is 0 Å². The lowest BCUT2D eigenvalue weighted by molar-refractivity contribution is -0.167. The van der Waals surface area contributed by atoms with Crippen LogP contribution in [0.4, 0.5) is 0 Å². The van der Waals surface area contributed by atoms with Gasteiger partial charge in [-0.3, -0.25) is 14.4 Å². The van der Waals surface area contributed by atoms with Crippen LogP contribution in [-0.4, -0.2) is 37.2 Å². The zero-order chi connectivity index (χ0) is 40.1. The summed E-state index contributed by atoms with van der Waals surface area (Å²) in [6.45, 7) is 6.47. The third-order valence-electron chi connectivity index (χ3n) is 9.85. The maximum Gasteiger partial charge on any atom is 0.306 e. The quantitative estimate of drug-likeness (QED) is 0.0267. The Hall–Kier alpha value is -2.63. The van der Waals surface area contributed by atoms with Gasteiger partial charge in [0.15, 0.2) is 6.10 Å². The Kier molecular flexibility index (Phi) is 42.0. The van der Waals surface area contributed by atoms with Crippen molar-refractivity contribution in [2.45, 2.75) is 232 Å². The van der Waals surface area contributed by atoms with Gasteiger partial charge in [-0.25, -0.2) is 0 Å². The highest BCUT2D eigenvalue weighted by Gasteiger charge is 2.19. The fourth-order valence-corrected chi connectivity index (χ4v) is 6.37. The summed E-state index contributed by atoms with van der Waals surface area (Å²) in [7, 11) is 0. The van der Waals surface area contributed by atoms with Crippen LogP contribution < -0.4 is 0 Å². The topological polar surface area (TPSA) is 78.9 Å². The molecule has 0 N–H and O–H groups in total. The number of carbonyl (C=O) groups is 3. The summed E-state index contributed by atoms with van der Waals surface area (Å²) < 4.78 is 16.7. The highest BCUT2D eigenvalue weighted by atomic mass is 16.6. The van der Waals surface area contributed by atoms with Crippen LogP contribution in [0.15, 0.2) is 48.6 Å². The molecule has 0 rings (SSSR count). The first-order valence-electron chi connectivity index (χ1n) is 23.1. The maximum absolute atomic E-state index is 12.7. The predicted octanol–water partition coefficient (Wildman–Crippen LogP) is 14.8. The molecule has 0 radical (unpaired) electrons. The van der Waals surface area contributed by atoms with E-state index >= 15 is 0 Å². The van der Waals surface area contributed by atoms with Gasteiger partial charge in [-0.2, -0.15) is 0 Å². The number of ether oxygens (including phenoxy) is 3. The number of esters is 3. The molecule has 0 heterocycles. The van der Waals surface area contributed by atoms with Crippen molar-refractivity contribution in [3.05, 3.63) is 48.6 Å². The lowest BCUT2D eigenvalue weighted by atomic mass is 10.0. The minimum atomic E-state index is -0.783. The zero-order valence-electron chi connectivity index (χ0n) is 36.2. The average Bonchev–Trinajstić information content (AvgIpc) is 3.18. The van der Waals surface area contributed by atoms with Crippen LogP contribution in [0.5, 0.6) is 0 Å². The molecule has 0 aromatic rings. The molecule has 1 atom stereocenters. The van der Waals surface area contributed by atoms with E-state index in [1.807, 2.05) is 0 Å². The SMILES string of the molecule is CC/C=C\C/C=C\C/C=C\C/C=C\CCCCC(=O)OCC(COC(=O)CCCCCCCCCCCC)OC(=O)CCCCCCCCCCCCCC. The van der Waals surface area contributed by atoms with Crippen molar-refractivity contribution in [3.8, 4) is 0 Å². The van der Waals surface area contributed by atoms with Crippen LogP contribution >= 0.6 is 0 Å². The van der Waals surface area contributed by atoms with Crippen molar-refractivity contribution in [2.24, 2.45) is 0 Å². The summed E-state index contributed by atoms with van der Waals surface area (Å²) in [6.07, 6.45) is 50.9. The summed E-state index contributed by atoms with van der Waals surface area (Å²) in [5, 5.41) is 0. The molecule has 1 unspecified atom stereocenters. The van der Waals surface area contributed by atoms with E-state index in [0.29, 0.717) is 19.3 Å². The molecule has 0 saturated heterocycles. The number of hydrogen-bond donors (Lipinski definition) is 0. The maximum atomic E-state index is 12.7. The molecule has 0 saturated carbocycles. The molecule has 6 nitrogen and oxygen atoms in total. The molecule has 0 spiro atoms. The van der Waals surface area contributed by atoms with Crippen molar-refractivity contribution in [1.29, 1.82) is 0 Å². The molecule has 6 heteroatoms. The van der Waals surface area contributed by atoms with Gasteiger partial charge in [-0.05, 0) is 57.8 Å². The lowest BCUT2D eigenvalue weighted by Crippen LogP contribution is -2.30. The van der Waals surface area contributed by atoms with Crippen molar-refractivity contribution < 1.29 is 28.6 Å². The Balaban J connectivity index is 4.42. The van der Waals surface area contributed by atoms with Gasteiger partial charge >= 0.3 is 17.9 Å². The van der Waals surface area contributed by atoms with Crippen LogP contribution in [0.3, 0.4) is 0 Å². The van der Waals surface area contributed by atoms with Gasteiger partial charge in [0.25, 0.3) is 0 Å². The van der Waals surface area contributed by atoms with Crippen LogP contribution in [0.2, 0.25) is 0 Å². The third-order valence-corrected chi connectivity index (χ3v) is 9.85. The molecule has 0 aromatic carbocycles. The first-order valence-corrected chi connectivity index (χ1v) is 23.1. The van der Waals surface area contributed by atoms with E-state index in [1.165, 1.54) is 103 Å². The smallest absolute Gasteiger partial charge is 0.306 e. The van der Waals surface area contributed by atoms with Gasteiger partial charge in [-0.15, -0.1) is 0 Å². The minimum absolute atomic E-state index is 0.0834. The molecular weight excluding hydrogens is 685 g/mol. The van der Waals surface area contributed by atoms with Crippen molar-refractivity contribution in [2.75, 3.05) is 13.2 Å². The second-order valence-corrected chi connectivity index (χ2v) is 15.3. The Morgan fingerprint density at radius 3 is 1.11 bits per heavy atom. The van der Waals surface area contributed by atoms with E-state index < -0.39 is 6.10 Å². The van der Waals surface area contributed by atoms with Gasteiger partial charge in [0.2, 0.25) is 0 Å². The Labute approximate surface area is 339 Å². The van der Waals surface area contributed by atoms with Crippen LogP contribution in [-0.2, 0) is 28.6 Å². The van der Waals surface area contributed by atoms with Gasteiger partial charge in [0.1, 0.15) is 13.2 Å². The van der Waals surface area contributed by atoms with E-state index in [9.17, 15) is 14.4 Å². The predicted molar refractivity (Wildman–Crippen MR) is 233 cm³/mol. The van der Waals surface area contributed by atoms with Gasteiger partial charge in [0.05, 0.1) is 0 Å². The molecule has 0 aromatic heterocycles. The highest BCUT2D eigenvalue weighted by molar-refractivity contribution is 5.71. The average molecular weight is 771 g/mol. The summed E-state index contributed by atoms with van der Waals surface area (Å²) in [5.74, 6) is -0.926. The van der Waals surface area contributed by atoms with Crippen molar-refractivity contribution >= 4 is 17.9 Å². The molecule has 55 heavy (non-hydrogen) atoms. The molecule has 0 aliphatic rings. The summed E-state index contributed by atoms with van der Waals surface area (Å²) in [6, 6.07) is 0. The second kappa shape index (κ2) is 44.1. The van der Waals surface area contributed by atoms with Crippen molar-refractivity contribution in [1.82, 2.24) is 0 Å². The monoisotopic (exact) mass is 771 g/mol. The summed E-state index contributed by atoms with van der Waals surface area (Å²) in [4.78, 5) is 37.7. The first kappa shape index (κ1) is 52.4. The second-order valence-electron chi connectivity index (χ2n) is 15.3. The molecular formula is C49H86O6. The normalized spacial score (nSPS) is 12.4. The Bertz CT molecular complexity index is 980. The minimum Gasteiger partial charge on any atom is -0.462 e. The number of hydrogen-bond acceptors (Lipinski definition) is 6. The van der Waals surface area contributed by atoms with E-state index in [-0.39, 0.29) is 31.1 Å². The molecule has 318 valence electrons. The highest BCUT2D eigenvalue weighted by Crippen LogP contribution is 2.14. The molecule has 0 fully saturated rings. The molecule has 0 amide bonds. The van der Waals surface area contributed by atoms with E-state index in [2.05, 4.69) is 69.4 Å². The van der Waals surface area contributed by atoms with E-state index in [4.69, 9.17) is 14.2 Å². The fraction of sp³-hybridized carbons (Fsp3) is 0.776. The van der Waals surface area contributed by atoms with Crippen LogP contribution in [0.1, 0.15) is 226 Å².